The molecule has 2 unspecified atom stereocenters. The van der Waals surface area contributed by atoms with Crippen molar-refractivity contribution in [3.63, 3.8) is 0 Å². The molecule has 0 saturated heterocycles. The Morgan fingerprint density at radius 2 is 1.80 bits per heavy atom. The molecule has 0 spiro atoms. The standard InChI is InChI=1S/C15H21NO4/c1-10(2)14(17)16-13(15(18)19)11(3)20-9-12-7-5-4-6-8-12/h4-8,10-11,13H,9H2,1-3H3,(H,16,17)(H,18,19). The molecule has 0 heterocycles. The van der Waals surface area contributed by atoms with Crippen molar-refractivity contribution in [1.29, 1.82) is 0 Å². The first-order valence-electron chi connectivity index (χ1n) is 6.60. The van der Waals surface area contributed by atoms with Crippen LogP contribution in [-0.4, -0.2) is 29.1 Å². The van der Waals surface area contributed by atoms with E-state index >= 15 is 0 Å². The maximum absolute atomic E-state index is 11.6. The fourth-order valence-electron chi connectivity index (χ4n) is 1.60. The summed E-state index contributed by atoms with van der Waals surface area (Å²) in [7, 11) is 0. The van der Waals surface area contributed by atoms with E-state index in [2.05, 4.69) is 5.32 Å². The Morgan fingerprint density at radius 1 is 1.20 bits per heavy atom. The van der Waals surface area contributed by atoms with Crippen LogP contribution in [0.4, 0.5) is 0 Å². The number of aliphatic carboxylic acids is 1. The third-order valence-corrected chi connectivity index (χ3v) is 2.91. The second kappa shape index (κ2) is 7.65. The van der Waals surface area contributed by atoms with Crippen molar-refractivity contribution >= 4 is 11.9 Å². The molecule has 1 aromatic rings. The van der Waals surface area contributed by atoms with Crippen LogP contribution in [0.5, 0.6) is 0 Å². The van der Waals surface area contributed by atoms with Gasteiger partial charge >= 0.3 is 5.97 Å². The summed E-state index contributed by atoms with van der Waals surface area (Å²) in [6, 6.07) is 8.42. The number of benzene rings is 1. The first-order valence-corrected chi connectivity index (χ1v) is 6.60. The second-order valence-electron chi connectivity index (χ2n) is 4.98. The molecule has 0 aliphatic rings. The van der Waals surface area contributed by atoms with Crippen LogP contribution in [0, 0.1) is 5.92 Å². The Hall–Kier alpha value is -1.88. The average molecular weight is 279 g/mol. The van der Waals surface area contributed by atoms with Crippen LogP contribution < -0.4 is 5.32 Å². The third-order valence-electron chi connectivity index (χ3n) is 2.91. The summed E-state index contributed by atoms with van der Waals surface area (Å²) in [5, 5.41) is 11.7. The minimum Gasteiger partial charge on any atom is -0.480 e. The van der Waals surface area contributed by atoms with E-state index in [1.54, 1.807) is 20.8 Å². The number of rotatable bonds is 7. The molecule has 1 aromatic carbocycles. The van der Waals surface area contributed by atoms with Gasteiger partial charge < -0.3 is 15.2 Å². The molecule has 0 radical (unpaired) electrons. The normalized spacial score (nSPS) is 13.8. The highest BCUT2D eigenvalue weighted by Gasteiger charge is 2.27. The highest BCUT2D eigenvalue weighted by molar-refractivity contribution is 5.84. The molecule has 20 heavy (non-hydrogen) atoms. The third kappa shape index (κ3) is 5.01. The zero-order chi connectivity index (χ0) is 15.1. The van der Waals surface area contributed by atoms with Gasteiger partial charge in [0.2, 0.25) is 5.91 Å². The first-order chi connectivity index (χ1) is 9.41. The molecule has 0 bridgehead atoms. The van der Waals surface area contributed by atoms with Gasteiger partial charge in [0.25, 0.3) is 0 Å². The molecule has 0 aliphatic carbocycles. The minimum absolute atomic E-state index is 0.266. The van der Waals surface area contributed by atoms with Gasteiger partial charge in [-0.15, -0.1) is 0 Å². The summed E-state index contributed by atoms with van der Waals surface area (Å²) in [5.41, 5.74) is 0.957. The number of hydrogen-bond donors (Lipinski definition) is 2. The lowest BCUT2D eigenvalue weighted by atomic mass is 10.1. The summed E-state index contributed by atoms with van der Waals surface area (Å²) in [5.74, 6) is -1.66. The van der Waals surface area contributed by atoms with Crippen LogP contribution in [0.2, 0.25) is 0 Å². The highest BCUT2D eigenvalue weighted by Crippen LogP contribution is 2.07. The van der Waals surface area contributed by atoms with E-state index in [-0.39, 0.29) is 11.8 Å². The quantitative estimate of drug-likeness (QED) is 0.798. The van der Waals surface area contributed by atoms with Crippen LogP contribution in [0.25, 0.3) is 0 Å². The highest BCUT2D eigenvalue weighted by atomic mass is 16.5. The van der Waals surface area contributed by atoms with Gasteiger partial charge in [-0.2, -0.15) is 0 Å². The maximum Gasteiger partial charge on any atom is 0.328 e. The predicted molar refractivity (Wildman–Crippen MR) is 75.1 cm³/mol. The van der Waals surface area contributed by atoms with Gasteiger partial charge in [-0.1, -0.05) is 44.2 Å². The molecule has 0 saturated carbocycles. The van der Waals surface area contributed by atoms with Gasteiger partial charge in [-0.25, -0.2) is 4.79 Å². The van der Waals surface area contributed by atoms with Gasteiger partial charge in [0.15, 0.2) is 6.04 Å². The van der Waals surface area contributed by atoms with Crippen LogP contribution in [0.15, 0.2) is 30.3 Å². The zero-order valence-electron chi connectivity index (χ0n) is 12.0. The van der Waals surface area contributed by atoms with Crippen molar-refractivity contribution in [3.05, 3.63) is 35.9 Å². The molecular weight excluding hydrogens is 258 g/mol. The Bertz CT molecular complexity index is 444. The van der Waals surface area contributed by atoms with Crippen molar-refractivity contribution in [1.82, 2.24) is 5.32 Å². The monoisotopic (exact) mass is 279 g/mol. The lowest BCUT2D eigenvalue weighted by Gasteiger charge is -2.22. The smallest absolute Gasteiger partial charge is 0.328 e. The predicted octanol–water partition coefficient (Wildman–Crippen LogP) is 1.82. The molecule has 110 valence electrons. The van der Waals surface area contributed by atoms with Crippen LogP contribution in [-0.2, 0) is 20.9 Å². The molecule has 0 fully saturated rings. The van der Waals surface area contributed by atoms with E-state index in [1.807, 2.05) is 30.3 Å². The number of carbonyl (C=O) groups excluding carboxylic acids is 1. The van der Waals surface area contributed by atoms with Gasteiger partial charge in [0, 0.05) is 5.92 Å². The first kappa shape index (κ1) is 16.2. The molecular formula is C15H21NO4. The lowest BCUT2D eigenvalue weighted by Crippen LogP contribution is -2.49. The summed E-state index contributed by atoms with van der Waals surface area (Å²) in [6.07, 6.45) is -0.615. The topological polar surface area (TPSA) is 75.6 Å². The van der Waals surface area contributed by atoms with E-state index < -0.39 is 18.1 Å². The molecule has 2 atom stereocenters. The summed E-state index contributed by atoms with van der Waals surface area (Å²) in [6.45, 7) is 5.37. The Kier molecular flexibility index (Phi) is 6.18. The number of carboxylic acid groups (broad SMARTS) is 1. The second-order valence-corrected chi connectivity index (χ2v) is 4.98. The minimum atomic E-state index is -1.10. The summed E-state index contributed by atoms with van der Waals surface area (Å²) >= 11 is 0. The van der Waals surface area contributed by atoms with Crippen LogP contribution >= 0.6 is 0 Å². The Labute approximate surface area is 118 Å². The fraction of sp³-hybridized carbons (Fsp3) is 0.467. The maximum atomic E-state index is 11.6. The molecule has 5 heteroatoms. The van der Waals surface area contributed by atoms with Gasteiger partial charge in [0.05, 0.1) is 12.7 Å². The number of hydrogen-bond acceptors (Lipinski definition) is 3. The van der Waals surface area contributed by atoms with Crippen molar-refractivity contribution in [2.75, 3.05) is 0 Å². The molecule has 1 amide bonds. The molecule has 0 aliphatic heterocycles. The van der Waals surface area contributed by atoms with E-state index in [0.717, 1.165) is 5.56 Å². The molecule has 0 aromatic heterocycles. The van der Waals surface area contributed by atoms with E-state index in [4.69, 9.17) is 4.74 Å². The van der Waals surface area contributed by atoms with Crippen LogP contribution in [0.3, 0.4) is 0 Å². The van der Waals surface area contributed by atoms with Crippen molar-refractivity contribution < 1.29 is 19.4 Å². The van der Waals surface area contributed by atoms with Gasteiger partial charge in [-0.3, -0.25) is 4.79 Å². The van der Waals surface area contributed by atoms with Gasteiger partial charge in [0.1, 0.15) is 0 Å². The SMILES string of the molecule is CC(C)C(=O)NC(C(=O)O)C(C)OCc1ccccc1. The lowest BCUT2D eigenvalue weighted by molar-refractivity contribution is -0.147. The fourth-order valence-corrected chi connectivity index (χ4v) is 1.60. The zero-order valence-corrected chi connectivity index (χ0v) is 12.0. The van der Waals surface area contributed by atoms with E-state index in [9.17, 15) is 14.7 Å². The largest absolute Gasteiger partial charge is 0.480 e. The van der Waals surface area contributed by atoms with Crippen LogP contribution in [0.1, 0.15) is 26.3 Å². The van der Waals surface area contributed by atoms with E-state index in [1.165, 1.54) is 0 Å². The van der Waals surface area contributed by atoms with Crippen molar-refractivity contribution in [2.45, 2.75) is 39.5 Å². The average Bonchev–Trinajstić information content (AvgIpc) is 2.42. The molecule has 2 N–H and O–H groups in total. The van der Waals surface area contributed by atoms with Crippen molar-refractivity contribution in [2.24, 2.45) is 5.92 Å². The molecule has 1 rings (SSSR count). The number of ether oxygens (including phenoxy) is 1. The van der Waals surface area contributed by atoms with E-state index in [0.29, 0.717) is 6.61 Å². The summed E-state index contributed by atoms with van der Waals surface area (Å²) < 4.78 is 5.54. The summed E-state index contributed by atoms with van der Waals surface area (Å²) in [4.78, 5) is 22.8. The number of carbonyl (C=O) groups is 2. The Balaban J connectivity index is 2.58. The number of amides is 1. The van der Waals surface area contributed by atoms with Crippen molar-refractivity contribution in [3.8, 4) is 0 Å². The van der Waals surface area contributed by atoms with Gasteiger partial charge in [-0.05, 0) is 12.5 Å². The molecule has 5 nitrogen and oxygen atoms in total. The Morgan fingerprint density at radius 3 is 2.30 bits per heavy atom. The number of nitrogens with one attached hydrogen (secondary N) is 1. The number of carboxylic acids is 1.